The first kappa shape index (κ1) is 16.2. The number of nitrogens with zero attached hydrogens (tertiary/aromatic N) is 2. The average molecular weight is 337 g/mol. The summed E-state index contributed by atoms with van der Waals surface area (Å²) in [6.45, 7) is 6.01. The van der Waals surface area contributed by atoms with E-state index in [9.17, 15) is 0 Å². The van der Waals surface area contributed by atoms with Crippen molar-refractivity contribution in [2.75, 3.05) is 0 Å². The number of para-hydroxylation sites is 1. The van der Waals surface area contributed by atoms with Crippen molar-refractivity contribution in [1.29, 1.82) is 0 Å². The van der Waals surface area contributed by atoms with Gasteiger partial charge in [0.25, 0.3) is 0 Å². The molecule has 24 heavy (non-hydrogen) atoms. The molecule has 0 N–H and O–H groups in total. The van der Waals surface area contributed by atoms with E-state index in [0.29, 0.717) is 11.0 Å². The first-order valence-electron chi connectivity index (χ1n) is 7.62. The lowest BCUT2D eigenvalue weighted by molar-refractivity contribution is 0.452. The van der Waals surface area contributed by atoms with Crippen molar-refractivity contribution in [3.05, 3.63) is 83.5 Å². The van der Waals surface area contributed by atoms with E-state index in [1.165, 1.54) is 0 Å². The van der Waals surface area contributed by atoms with E-state index in [0.717, 1.165) is 34.4 Å². The van der Waals surface area contributed by atoms with Gasteiger partial charge >= 0.3 is 0 Å². The SMILES string of the molecule is C=C(C)Cc1cccc(-c2ccccc2)c1Oc1ccc(Cl)nn1. The molecular weight excluding hydrogens is 320 g/mol. The van der Waals surface area contributed by atoms with Gasteiger partial charge in [-0.05, 0) is 30.5 Å². The largest absolute Gasteiger partial charge is 0.437 e. The third kappa shape index (κ3) is 3.81. The first-order valence-corrected chi connectivity index (χ1v) is 8.00. The summed E-state index contributed by atoms with van der Waals surface area (Å²) < 4.78 is 6.08. The Balaban J connectivity index is 2.08. The van der Waals surface area contributed by atoms with E-state index in [4.69, 9.17) is 16.3 Å². The van der Waals surface area contributed by atoms with E-state index in [1.807, 2.05) is 43.3 Å². The van der Waals surface area contributed by atoms with E-state index in [2.05, 4.69) is 28.9 Å². The van der Waals surface area contributed by atoms with Crippen molar-refractivity contribution in [3.63, 3.8) is 0 Å². The van der Waals surface area contributed by atoms with Gasteiger partial charge in [0.2, 0.25) is 5.88 Å². The summed E-state index contributed by atoms with van der Waals surface area (Å²) in [5.41, 5.74) is 4.21. The van der Waals surface area contributed by atoms with Crippen molar-refractivity contribution in [1.82, 2.24) is 10.2 Å². The molecule has 0 aliphatic rings. The molecular formula is C20H17ClN2O. The summed E-state index contributed by atoms with van der Waals surface area (Å²) in [4.78, 5) is 0. The molecule has 0 aliphatic carbocycles. The lowest BCUT2D eigenvalue weighted by Gasteiger charge is -2.15. The highest BCUT2D eigenvalue weighted by Gasteiger charge is 2.13. The third-order valence-electron chi connectivity index (χ3n) is 3.49. The van der Waals surface area contributed by atoms with Crippen molar-refractivity contribution < 1.29 is 4.74 Å². The maximum atomic E-state index is 6.08. The number of ether oxygens (including phenoxy) is 1. The Morgan fingerprint density at radius 2 is 1.79 bits per heavy atom. The van der Waals surface area contributed by atoms with Crippen LogP contribution < -0.4 is 4.74 Å². The Labute approximate surface area is 146 Å². The molecule has 2 aromatic carbocycles. The summed E-state index contributed by atoms with van der Waals surface area (Å²) >= 11 is 5.80. The predicted octanol–water partition coefficient (Wildman–Crippen LogP) is 5.71. The van der Waals surface area contributed by atoms with Crippen LogP contribution in [0, 0.1) is 0 Å². The fraction of sp³-hybridized carbons (Fsp3) is 0.100. The maximum Gasteiger partial charge on any atom is 0.238 e. The van der Waals surface area contributed by atoms with Gasteiger partial charge in [-0.2, -0.15) is 0 Å². The molecule has 3 aromatic rings. The minimum atomic E-state index is 0.334. The molecule has 3 nitrogen and oxygen atoms in total. The molecule has 1 heterocycles. The van der Waals surface area contributed by atoms with Crippen LogP contribution in [0.25, 0.3) is 11.1 Å². The second kappa shape index (κ2) is 7.28. The molecule has 0 atom stereocenters. The van der Waals surface area contributed by atoms with Crippen LogP contribution in [0.1, 0.15) is 12.5 Å². The van der Waals surface area contributed by atoms with Crippen molar-refractivity contribution >= 4 is 11.6 Å². The topological polar surface area (TPSA) is 35.0 Å². The number of hydrogen-bond acceptors (Lipinski definition) is 3. The Bertz CT molecular complexity index is 845. The van der Waals surface area contributed by atoms with Crippen molar-refractivity contribution in [2.45, 2.75) is 13.3 Å². The summed E-state index contributed by atoms with van der Waals surface area (Å²) in [6, 6.07) is 19.6. The molecule has 0 fully saturated rings. The van der Waals surface area contributed by atoms with Crippen LogP contribution in [-0.4, -0.2) is 10.2 Å². The van der Waals surface area contributed by atoms with Gasteiger partial charge in [0, 0.05) is 11.6 Å². The molecule has 120 valence electrons. The normalized spacial score (nSPS) is 10.4. The number of halogens is 1. The average Bonchev–Trinajstić information content (AvgIpc) is 2.58. The monoisotopic (exact) mass is 336 g/mol. The molecule has 0 radical (unpaired) electrons. The first-order chi connectivity index (χ1) is 11.6. The zero-order valence-corrected chi connectivity index (χ0v) is 14.1. The van der Waals surface area contributed by atoms with Crippen LogP contribution in [0.2, 0.25) is 5.15 Å². The second-order valence-electron chi connectivity index (χ2n) is 5.59. The number of allylic oxidation sites excluding steroid dienone is 1. The fourth-order valence-electron chi connectivity index (χ4n) is 2.48. The molecule has 0 bridgehead atoms. The highest BCUT2D eigenvalue weighted by molar-refractivity contribution is 6.29. The lowest BCUT2D eigenvalue weighted by atomic mass is 9.98. The van der Waals surface area contributed by atoms with Gasteiger partial charge in [-0.3, -0.25) is 0 Å². The molecule has 0 amide bonds. The fourth-order valence-corrected chi connectivity index (χ4v) is 2.58. The molecule has 0 spiro atoms. The number of aromatic nitrogens is 2. The standard InChI is InChI=1S/C20H17ClN2O/c1-14(2)13-16-9-6-10-17(15-7-4-3-5-8-15)20(16)24-19-12-11-18(21)22-23-19/h3-12H,1,13H2,2H3. The Hall–Kier alpha value is -2.65. The Kier molecular flexibility index (Phi) is 4.92. The minimum Gasteiger partial charge on any atom is -0.437 e. The summed E-state index contributed by atoms with van der Waals surface area (Å²) in [6.07, 6.45) is 0.733. The molecule has 0 aliphatic heterocycles. The van der Waals surface area contributed by atoms with Gasteiger partial charge < -0.3 is 4.74 Å². The van der Waals surface area contributed by atoms with Gasteiger partial charge in [0.15, 0.2) is 5.15 Å². The van der Waals surface area contributed by atoms with Crippen LogP contribution in [0.15, 0.2) is 72.8 Å². The summed E-state index contributed by atoms with van der Waals surface area (Å²) in [5.74, 6) is 1.18. The van der Waals surface area contributed by atoms with Crippen LogP contribution in [0.4, 0.5) is 0 Å². The molecule has 0 unspecified atom stereocenters. The quantitative estimate of drug-likeness (QED) is 0.560. The minimum absolute atomic E-state index is 0.334. The van der Waals surface area contributed by atoms with E-state index >= 15 is 0 Å². The van der Waals surface area contributed by atoms with Gasteiger partial charge in [0.05, 0.1) is 0 Å². The smallest absolute Gasteiger partial charge is 0.238 e. The van der Waals surface area contributed by atoms with Crippen molar-refractivity contribution in [3.8, 4) is 22.8 Å². The zero-order chi connectivity index (χ0) is 16.9. The summed E-state index contributed by atoms with van der Waals surface area (Å²) in [7, 11) is 0. The third-order valence-corrected chi connectivity index (χ3v) is 3.69. The number of rotatable bonds is 5. The van der Waals surface area contributed by atoms with Crippen LogP contribution in [-0.2, 0) is 6.42 Å². The number of hydrogen-bond donors (Lipinski definition) is 0. The lowest BCUT2D eigenvalue weighted by Crippen LogP contribution is -1.98. The van der Waals surface area contributed by atoms with E-state index < -0.39 is 0 Å². The highest BCUT2D eigenvalue weighted by Crippen LogP contribution is 2.36. The van der Waals surface area contributed by atoms with Crippen molar-refractivity contribution in [2.24, 2.45) is 0 Å². The summed E-state index contributed by atoms with van der Waals surface area (Å²) in [5, 5.41) is 8.18. The van der Waals surface area contributed by atoms with E-state index in [-0.39, 0.29) is 0 Å². The second-order valence-corrected chi connectivity index (χ2v) is 5.98. The van der Waals surface area contributed by atoms with Gasteiger partial charge in [0.1, 0.15) is 5.75 Å². The molecule has 0 saturated carbocycles. The van der Waals surface area contributed by atoms with Gasteiger partial charge in [-0.15, -0.1) is 10.2 Å². The van der Waals surface area contributed by atoms with Crippen LogP contribution in [0.5, 0.6) is 11.6 Å². The molecule has 3 rings (SSSR count). The molecule has 1 aromatic heterocycles. The van der Waals surface area contributed by atoms with Crippen LogP contribution in [0.3, 0.4) is 0 Å². The van der Waals surface area contributed by atoms with Crippen LogP contribution >= 0.6 is 11.6 Å². The van der Waals surface area contributed by atoms with Gasteiger partial charge in [-0.1, -0.05) is 72.3 Å². The maximum absolute atomic E-state index is 6.08. The van der Waals surface area contributed by atoms with E-state index in [1.54, 1.807) is 12.1 Å². The number of benzene rings is 2. The Morgan fingerprint density at radius 3 is 2.46 bits per heavy atom. The highest BCUT2D eigenvalue weighted by atomic mass is 35.5. The Morgan fingerprint density at radius 1 is 1.00 bits per heavy atom. The van der Waals surface area contributed by atoms with Gasteiger partial charge in [-0.25, -0.2) is 0 Å². The predicted molar refractivity (Wildman–Crippen MR) is 97.5 cm³/mol. The zero-order valence-electron chi connectivity index (χ0n) is 13.4. The molecule has 0 saturated heterocycles. The molecule has 4 heteroatoms.